The third kappa shape index (κ3) is 3.89. The smallest absolute Gasteiger partial charge is 0.271 e. The van der Waals surface area contributed by atoms with E-state index >= 15 is 0 Å². The van der Waals surface area contributed by atoms with Gasteiger partial charge in [0.05, 0.1) is 17.2 Å². The lowest BCUT2D eigenvalue weighted by molar-refractivity contribution is -0.384. The number of non-ortho nitro benzene ring substituents is 1. The fraction of sp³-hybridized carbons (Fsp3) is 0.500. The first-order valence-electron chi connectivity index (χ1n) is 5.75. The van der Waals surface area contributed by atoms with Gasteiger partial charge in [-0.3, -0.25) is 10.1 Å². The van der Waals surface area contributed by atoms with Gasteiger partial charge in [-0.2, -0.15) is 0 Å². The summed E-state index contributed by atoms with van der Waals surface area (Å²) in [5.74, 6) is 0.492. The van der Waals surface area contributed by atoms with Gasteiger partial charge in [-0.05, 0) is 33.5 Å². The Morgan fingerprint density at radius 3 is 2.67 bits per heavy atom. The third-order valence-electron chi connectivity index (χ3n) is 2.88. The van der Waals surface area contributed by atoms with Crippen LogP contribution >= 0.6 is 0 Å². The minimum Gasteiger partial charge on any atom is -0.491 e. The number of anilines is 1. The minimum atomic E-state index is -0.478. The van der Waals surface area contributed by atoms with Gasteiger partial charge in [0.15, 0.2) is 0 Å². The van der Waals surface area contributed by atoms with Crippen LogP contribution in [-0.2, 0) is 0 Å². The number of nitro groups is 1. The molecule has 6 heteroatoms. The highest BCUT2D eigenvalue weighted by Crippen LogP contribution is 2.26. The molecule has 0 fully saturated rings. The van der Waals surface area contributed by atoms with Crippen LogP contribution < -0.4 is 10.5 Å². The van der Waals surface area contributed by atoms with Gasteiger partial charge >= 0.3 is 0 Å². The summed E-state index contributed by atoms with van der Waals surface area (Å²) in [6.45, 7) is 2.63. The van der Waals surface area contributed by atoms with E-state index in [4.69, 9.17) is 10.5 Å². The van der Waals surface area contributed by atoms with Crippen molar-refractivity contribution in [2.75, 3.05) is 26.4 Å². The first-order valence-corrected chi connectivity index (χ1v) is 5.75. The van der Waals surface area contributed by atoms with Gasteiger partial charge in [0.2, 0.25) is 0 Å². The molecule has 0 saturated heterocycles. The highest BCUT2D eigenvalue weighted by atomic mass is 16.6. The predicted molar refractivity (Wildman–Crippen MR) is 70.8 cm³/mol. The number of rotatable bonds is 6. The van der Waals surface area contributed by atoms with Gasteiger partial charge in [-0.25, -0.2) is 0 Å². The Labute approximate surface area is 106 Å². The molecule has 0 aliphatic heterocycles. The highest BCUT2D eigenvalue weighted by Gasteiger charge is 2.10. The van der Waals surface area contributed by atoms with Gasteiger partial charge in [0.25, 0.3) is 5.69 Å². The predicted octanol–water partition coefficient (Wildman–Crippen LogP) is 1.90. The summed E-state index contributed by atoms with van der Waals surface area (Å²) in [5.41, 5.74) is 5.96. The SMILES string of the molecule is CC(CCOc1ccc([N+](=O)[O-])cc1N)N(C)C. The van der Waals surface area contributed by atoms with Gasteiger partial charge in [-0.1, -0.05) is 0 Å². The summed E-state index contributed by atoms with van der Waals surface area (Å²) >= 11 is 0. The average Bonchev–Trinajstić information content (AvgIpc) is 2.30. The van der Waals surface area contributed by atoms with Crippen molar-refractivity contribution >= 4 is 11.4 Å². The van der Waals surface area contributed by atoms with Crippen molar-refractivity contribution in [1.29, 1.82) is 0 Å². The molecule has 0 aliphatic rings. The van der Waals surface area contributed by atoms with Crippen LogP contribution in [0.15, 0.2) is 18.2 Å². The van der Waals surface area contributed by atoms with Crippen molar-refractivity contribution in [2.45, 2.75) is 19.4 Å². The molecule has 1 unspecified atom stereocenters. The van der Waals surface area contributed by atoms with Gasteiger partial charge < -0.3 is 15.4 Å². The van der Waals surface area contributed by atoms with Gasteiger partial charge in [0.1, 0.15) is 5.75 Å². The molecule has 0 aliphatic carbocycles. The maximum atomic E-state index is 10.5. The van der Waals surface area contributed by atoms with Crippen LogP contribution in [-0.4, -0.2) is 36.6 Å². The molecule has 0 aromatic heterocycles. The Kier molecular flexibility index (Phi) is 4.91. The molecule has 0 radical (unpaired) electrons. The lowest BCUT2D eigenvalue weighted by Crippen LogP contribution is -2.26. The molecule has 0 spiro atoms. The van der Waals surface area contributed by atoms with Crippen LogP contribution in [0.2, 0.25) is 0 Å². The number of hydrogen-bond acceptors (Lipinski definition) is 5. The van der Waals surface area contributed by atoms with E-state index in [9.17, 15) is 10.1 Å². The highest BCUT2D eigenvalue weighted by molar-refractivity contribution is 5.58. The molecule has 6 nitrogen and oxygen atoms in total. The molecule has 0 heterocycles. The van der Waals surface area contributed by atoms with E-state index in [1.807, 2.05) is 14.1 Å². The number of nitrogen functional groups attached to an aromatic ring is 1. The molecule has 1 aromatic carbocycles. The first kappa shape index (κ1) is 14.2. The molecular weight excluding hydrogens is 234 g/mol. The molecule has 2 N–H and O–H groups in total. The summed E-state index contributed by atoms with van der Waals surface area (Å²) in [6.07, 6.45) is 0.865. The summed E-state index contributed by atoms with van der Waals surface area (Å²) in [4.78, 5) is 12.2. The van der Waals surface area contributed by atoms with E-state index in [2.05, 4.69) is 11.8 Å². The topological polar surface area (TPSA) is 81.6 Å². The van der Waals surface area contributed by atoms with Crippen LogP contribution in [0, 0.1) is 10.1 Å². The van der Waals surface area contributed by atoms with E-state index in [0.717, 1.165) is 6.42 Å². The van der Waals surface area contributed by atoms with Crippen LogP contribution in [0.25, 0.3) is 0 Å². The Balaban J connectivity index is 2.56. The maximum Gasteiger partial charge on any atom is 0.271 e. The van der Waals surface area contributed by atoms with Crippen molar-refractivity contribution in [3.63, 3.8) is 0 Å². The molecular formula is C12H19N3O3. The zero-order valence-corrected chi connectivity index (χ0v) is 10.9. The molecule has 1 rings (SSSR count). The molecule has 0 bridgehead atoms. The first-order chi connectivity index (χ1) is 8.41. The van der Waals surface area contributed by atoms with E-state index in [1.165, 1.54) is 18.2 Å². The average molecular weight is 253 g/mol. The number of hydrogen-bond donors (Lipinski definition) is 1. The second kappa shape index (κ2) is 6.20. The summed E-state index contributed by atoms with van der Waals surface area (Å²) in [7, 11) is 4.01. The second-order valence-corrected chi connectivity index (χ2v) is 4.43. The number of nitrogens with zero attached hydrogens (tertiary/aromatic N) is 2. The molecule has 18 heavy (non-hydrogen) atoms. The van der Waals surface area contributed by atoms with Crippen molar-refractivity contribution in [3.8, 4) is 5.75 Å². The second-order valence-electron chi connectivity index (χ2n) is 4.43. The number of benzene rings is 1. The van der Waals surface area contributed by atoms with E-state index in [1.54, 1.807) is 0 Å². The summed E-state index contributed by atoms with van der Waals surface area (Å²) < 4.78 is 5.52. The molecule has 1 aromatic rings. The monoisotopic (exact) mass is 253 g/mol. The minimum absolute atomic E-state index is 0.0264. The zero-order valence-electron chi connectivity index (χ0n) is 10.9. The van der Waals surface area contributed by atoms with Crippen LogP contribution in [0.5, 0.6) is 5.75 Å². The number of nitrogens with two attached hydrogens (primary N) is 1. The Morgan fingerprint density at radius 1 is 1.50 bits per heavy atom. The van der Waals surface area contributed by atoms with E-state index in [-0.39, 0.29) is 5.69 Å². The van der Waals surface area contributed by atoms with E-state index < -0.39 is 4.92 Å². The fourth-order valence-corrected chi connectivity index (χ4v) is 1.38. The quantitative estimate of drug-likeness (QED) is 0.475. The van der Waals surface area contributed by atoms with Crippen LogP contribution in [0.4, 0.5) is 11.4 Å². The lowest BCUT2D eigenvalue weighted by Gasteiger charge is -2.19. The van der Waals surface area contributed by atoms with E-state index in [0.29, 0.717) is 24.1 Å². The Bertz CT molecular complexity index is 421. The fourth-order valence-electron chi connectivity index (χ4n) is 1.38. The van der Waals surface area contributed by atoms with Crippen molar-refractivity contribution in [1.82, 2.24) is 4.90 Å². The number of ether oxygens (including phenoxy) is 1. The lowest BCUT2D eigenvalue weighted by atomic mass is 10.2. The standard InChI is InChI=1S/C12H19N3O3/c1-9(14(2)3)6-7-18-12-5-4-10(15(16)17)8-11(12)13/h4-5,8-9H,6-7,13H2,1-3H3. The largest absolute Gasteiger partial charge is 0.491 e. The normalized spacial score (nSPS) is 12.4. The van der Waals surface area contributed by atoms with Crippen molar-refractivity contribution in [3.05, 3.63) is 28.3 Å². The van der Waals surface area contributed by atoms with Gasteiger partial charge in [-0.15, -0.1) is 0 Å². The molecule has 0 saturated carbocycles. The Hall–Kier alpha value is -1.82. The number of nitro benzene ring substituents is 1. The molecule has 0 amide bonds. The third-order valence-corrected chi connectivity index (χ3v) is 2.88. The van der Waals surface area contributed by atoms with Gasteiger partial charge in [0, 0.05) is 18.2 Å². The molecule has 100 valence electrons. The summed E-state index contributed by atoms with van der Waals surface area (Å²) in [6, 6.07) is 4.64. The van der Waals surface area contributed by atoms with Crippen molar-refractivity contribution in [2.24, 2.45) is 0 Å². The molecule has 1 atom stereocenters. The Morgan fingerprint density at radius 2 is 2.17 bits per heavy atom. The zero-order chi connectivity index (χ0) is 13.7. The van der Waals surface area contributed by atoms with Crippen LogP contribution in [0.3, 0.4) is 0 Å². The maximum absolute atomic E-state index is 10.5. The summed E-state index contributed by atoms with van der Waals surface area (Å²) in [5, 5.41) is 10.5. The van der Waals surface area contributed by atoms with Crippen LogP contribution in [0.1, 0.15) is 13.3 Å². The van der Waals surface area contributed by atoms with Crippen molar-refractivity contribution < 1.29 is 9.66 Å².